The van der Waals surface area contributed by atoms with Gasteiger partial charge in [0.2, 0.25) is 0 Å². The minimum atomic E-state index is -2.93. The first-order valence-corrected chi connectivity index (χ1v) is 7.52. The zero-order valence-corrected chi connectivity index (χ0v) is 11.1. The Hall–Kier alpha value is -0.130. The van der Waals surface area contributed by atoms with E-state index in [1.54, 1.807) is 0 Å². The average molecular weight is 247 g/mol. The van der Waals surface area contributed by atoms with Crippen LogP contribution < -0.4 is 0 Å². The Bertz CT molecular complexity index is 357. The van der Waals surface area contributed by atoms with E-state index in [9.17, 15) is 8.42 Å². The van der Waals surface area contributed by atoms with Gasteiger partial charge in [-0.25, -0.2) is 8.42 Å². The molecule has 2 aliphatic heterocycles. The second kappa shape index (κ2) is 3.96. The van der Waals surface area contributed by atoms with Gasteiger partial charge < -0.3 is 4.74 Å². The second-order valence-electron chi connectivity index (χ2n) is 5.19. The van der Waals surface area contributed by atoms with E-state index < -0.39 is 14.6 Å². The van der Waals surface area contributed by atoms with E-state index in [0.29, 0.717) is 6.42 Å². The van der Waals surface area contributed by atoms with Crippen LogP contribution in [0.2, 0.25) is 0 Å². The van der Waals surface area contributed by atoms with Gasteiger partial charge in [-0.05, 0) is 20.3 Å². The van der Waals surface area contributed by atoms with Gasteiger partial charge in [-0.1, -0.05) is 6.92 Å². The third kappa shape index (κ3) is 1.52. The maximum absolute atomic E-state index is 12.1. The highest BCUT2D eigenvalue weighted by Gasteiger charge is 2.62. The minimum Gasteiger partial charge on any atom is -0.379 e. The Morgan fingerprint density at radius 1 is 1.31 bits per heavy atom. The zero-order valence-electron chi connectivity index (χ0n) is 10.3. The first-order valence-electron chi connectivity index (χ1n) is 5.98. The molecule has 0 spiro atoms. The molecule has 0 aromatic carbocycles. The molecule has 0 aromatic heterocycles. The molecule has 0 bridgehead atoms. The molecule has 2 heterocycles. The number of hydrogen-bond donors (Lipinski definition) is 0. The van der Waals surface area contributed by atoms with Gasteiger partial charge in [0.1, 0.15) is 0 Å². The summed E-state index contributed by atoms with van der Waals surface area (Å²) in [4.78, 5) is 2.29. The first kappa shape index (κ1) is 12.3. The molecule has 0 amide bonds. The Labute approximate surface area is 97.9 Å². The SMILES string of the molecule is CCC1C(N2CCOCC2)C(C)(C)S1(=O)=O. The third-order valence-corrected chi connectivity index (χ3v) is 7.13. The summed E-state index contributed by atoms with van der Waals surface area (Å²) in [6.07, 6.45) is 0.716. The summed E-state index contributed by atoms with van der Waals surface area (Å²) in [5.74, 6) is 0. The fraction of sp³-hybridized carbons (Fsp3) is 1.00. The van der Waals surface area contributed by atoms with Gasteiger partial charge in [-0.3, -0.25) is 4.90 Å². The molecule has 2 rings (SSSR count). The van der Waals surface area contributed by atoms with Crippen molar-refractivity contribution < 1.29 is 13.2 Å². The largest absolute Gasteiger partial charge is 0.379 e. The van der Waals surface area contributed by atoms with Crippen molar-refractivity contribution in [1.29, 1.82) is 0 Å². The Morgan fingerprint density at radius 3 is 2.38 bits per heavy atom. The van der Waals surface area contributed by atoms with Crippen molar-refractivity contribution in [2.24, 2.45) is 0 Å². The number of ether oxygens (including phenoxy) is 1. The molecule has 2 fully saturated rings. The molecular formula is C11H21NO3S. The molecule has 4 nitrogen and oxygen atoms in total. The minimum absolute atomic E-state index is 0.173. The Balaban J connectivity index is 2.20. The fourth-order valence-electron chi connectivity index (χ4n) is 3.08. The van der Waals surface area contributed by atoms with Crippen molar-refractivity contribution in [3.05, 3.63) is 0 Å². The highest BCUT2D eigenvalue weighted by molar-refractivity contribution is 7.95. The molecule has 2 atom stereocenters. The predicted octanol–water partition coefficient (Wildman–Crippen LogP) is 0.673. The predicted molar refractivity (Wildman–Crippen MR) is 63.3 cm³/mol. The lowest BCUT2D eigenvalue weighted by atomic mass is 9.94. The van der Waals surface area contributed by atoms with Crippen LogP contribution in [-0.2, 0) is 14.6 Å². The van der Waals surface area contributed by atoms with E-state index >= 15 is 0 Å². The Kier molecular flexibility index (Phi) is 3.05. The lowest BCUT2D eigenvalue weighted by molar-refractivity contribution is 0.00118. The summed E-state index contributed by atoms with van der Waals surface area (Å²) in [6, 6.07) is 0.173. The van der Waals surface area contributed by atoms with E-state index in [0.717, 1.165) is 26.3 Å². The molecular weight excluding hydrogens is 226 g/mol. The van der Waals surface area contributed by atoms with Crippen molar-refractivity contribution in [3.63, 3.8) is 0 Å². The lowest BCUT2D eigenvalue weighted by Gasteiger charge is -2.55. The Morgan fingerprint density at radius 2 is 1.88 bits per heavy atom. The molecule has 0 radical (unpaired) electrons. The van der Waals surface area contributed by atoms with Crippen LogP contribution in [0.4, 0.5) is 0 Å². The smallest absolute Gasteiger partial charge is 0.161 e. The summed E-state index contributed by atoms with van der Waals surface area (Å²) < 4.78 is 28.9. The summed E-state index contributed by atoms with van der Waals surface area (Å²) in [5, 5.41) is -0.180. The van der Waals surface area contributed by atoms with Crippen LogP contribution in [0.3, 0.4) is 0 Å². The van der Waals surface area contributed by atoms with Crippen LogP contribution in [0, 0.1) is 0 Å². The molecule has 2 aliphatic rings. The molecule has 2 saturated heterocycles. The standard InChI is InChI=1S/C11H21NO3S/c1-4-9-10(11(2,3)16(9,13)14)12-5-7-15-8-6-12/h9-10H,4-8H2,1-3H3. The second-order valence-corrected chi connectivity index (χ2v) is 7.94. The summed E-state index contributed by atoms with van der Waals surface area (Å²) in [6.45, 7) is 8.85. The summed E-state index contributed by atoms with van der Waals surface area (Å²) >= 11 is 0. The average Bonchev–Trinajstić information content (AvgIpc) is 2.25. The number of sulfone groups is 1. The molecule has 0 aliphatic carbocycles. The maximum atomic E-state index is 12.1. The number of rotatable bonds is 2. The van der Waals surface area contributed by atoms with Crippen molar-refractivity contribution >= 4 is 9.84 Å². The van der Waals surface area contributed by atoms with Crippen molar-refractivity contribution in [1.82, 2.24) is 4.90 Å². The molecule has 0 saturated carbocycles. The van der Waals surface area contributed by atoms with Gasteiger partial charge >= 0.3 is 0 Å². The van der Waals surface area contributed by atoms with Gasteiger partial charge in [-0.15, -0.1) is 0 Å². The molecule has 0 N–H and O–H groups in total. The third-order valence-electron chi connectivity index (χ3n) is 4.04. The zero-order chi connectivity index (χ0) is 12.0. The van der Waals surface area contributed by atoms with Crippen LogP contribution in [0.1, 0.15) is 27.2 Å². The molecule has 2 unspecified atom stereocenters. The van der Waals surface area contributed by atoms with Gasteiger partial charge in [0.25, 0.3) is 0 Å². The fourth-order valence-corrected chi connectivity index (χ4v) is 5.57. The van der Waals surface area contributed by atoms with Crippen LogP contribution in [-0.4, -0.2) is 55.7 Å². The topological polar surface area (TPSA) is 46.6 Å². The van der Waals surface area contributed by atoms with Crippen molar-refractivity contribution in [2.75, 3.05) is 26.3 Å². The molecule has 5 heteroatoms. The van der Waals surface area contributed by atoms with Gasteiger partial charge in [0.05, 0.1) is 23.2 Å². The van der Waals surface area contributed by atoms with Gasteiger partial charge in [0, 0.05) is 19.1 Å². The monoisotopic (exact) mass is 247 g/mol. The highest BCUT2D eigenvalue weighted by atomic mass is 32.2. The maximum Gasteiger partial charge on any atom is 0.161 e. The van der Waals surface area contributed by atoms with E-state index in [1.165, 1.54) is 0 Å². The molecule has 0 aromatic rings. The van der Waals surface area contributed by atoms with Crippen LogP contribution in [0.25, 0.3) is 0 Å². The van der Waals surface area contributed by atoms with Gasteiger partial charge in [-0.2, -0.15) is 0 Å². The highest BCUT2D eigenvalue weighted by Crippen LogP contribution is 2.44. The molecule has 16 heavy (non-hydrogen) atoms. The van der Waals surface area contributed by atoms with Crippen LogP contribution in [0.15, 0.2) is 0 Å². The normalized spacial score (nSPS) is 37.9. The quantitative estimate of drug-likeness (QED) is 0.719. The van der Waals surface area contributed by atoms with Crippen molar-refractivity contribution in [3.8, 4) is 0 Å². The summed E-state index contributed by atoms with van der Waals surface area (Å²) in [7, 11) is -2.93. The van der Waals surface area contributed by atoms with Crippen LogP contribution >= 0.6 is 0 Å². The van der Waals surface area contributed by atoms with E-state index in [2.05, 4.69) is 4.90 Å². The van der Waals surface area contributed by atoms with Crippen LogP contribution in [0.5, 0.6) is 0 Å². The van der Waals surface area contributed by atoms with E-state index in [4.69, 9.17) is 4.74 Å². The first-order chi connectivity index (χ1) is 7.43. The van der Waals surface area contributed by atoms with Crippen molar-refractivity contribution in [2.45, 2.75) is 43.2 Å². The number of hydrogen-bond acceptors (Lipinski definition) is 4. The molecule has 94 valence electrons. The van der Waals surface area contributed by atoms with Gasteiger partial charge in [0.15, 0.2) is 9.84 Å². The lowest BCUT2D eigenvalue weighted by Crippen LogP contribution is -2.73. The van der Waals surface area contributed by atoms with E-state index in [1.807, 2.05) is 20.8 Å². The summed E-state index contributed by atoms with van der Waals surface area (Å²) in [5.41, 5.74) is 0. The number of nitrogens with zero attached hydrogens (tertiary/aromatic N) is 1. The van der Waals surface area contributed by atoms with E-state index in [-0.39, 0.29) is 11.3 Å². The number of morpholine rings is 1.